The van der Waals surface area contributed by atoms with Crippen molar-refractivity contribution < 1.29 is 24.3 Å². The fourth-order valence-corrected chi connectivity index (χ4v) is 7.65. The molecule has 282 valence electrons. The molecule has 0 unspecified atom stereocenters. The maximum Gasteiger partial charge on any atom is 0.334 e. The van der Waals surface area contributed by atoms with E-state index in [1.165, 1.54) is 0 Å². The number of hydrazine groups is 1. The van der Waals surface area contributed by atoms with E-state index < -0.39 is 18.2 Å². The van der Waals surface area contributed by atoms with Gasteiger partial charge in [-0.2, -0.15) is 0 Å². The van der Waals surface area contributed by atoms with Gasteiger partial charge in [0.1, 0.15) is 18.0 Å². The van der Waals surface area contributed by atoms with Crippen molar-refractivity contribution in [1.82, 2.24) is 39.6 Å². The Balaban J connectivity index is 1.23. The number of rotatable bonds is 11. The number of urea groups is 1. The molecule has 2 atom stereocenters. The molecule has 2 aliphatic rings. The molecule has 7 rings (SSSR count). The highest BCUT2D eigenvalue weighted by Gasteiger charge is 2.51. The molecule has 4 heterocycles. The van der Waals surface area contributed by atoms with Gasteiger partial charge in [0.15, 0.2) is 0 Å². The van der Waals surface area contributed by atoms with Crippen LogP contribution in [0.4, 0.5) is 4.79 Å². The lowest BCUT2D eigenvalue weighted by Gasteiger charge is -2.55. The summed E-state index contributed by atoms with van der Waals surface area (Å²) in [6.07, 6.45) is 6.23. The first-order valence-corrected chi connectivity index (χ1v) is 18.2. The number of aryl methyl sites for hydroxylation is 1. The smallest absolute Gasteiger partial charge is 0.334 e. The topological polar surface area (TPSA) is 135 Å². The van der Waals surface area contributed by atoms with Crippen LogP contribution in [0.5, 0.6) is 5.75 Å². The summed E-state index contributed by atoms with van der Waals surface area (Å²) in [4.78, 5) is 65.7. The molecule has 0 bridgehead atoms. The van der Waals surface area contributed by atoms with Crippen LogP contribution in [0.25, 0.3) is 10.9 Å². The summed E-state index contributed by atoms with van der Waals surface area (Å²) in [7, 11) is 3.64. The van der Waals surface area contributed by atoms with Crippen LogP contribution >= 0.6 is 0 Å². The van der Waals surface area contributed by atoms with Gasteiger partial charge in [-0.15, -0.1) is 6.58 Å². The van der Waals surface area contributed by atoms with Gasteiger partial charge in [0.2, 0.25) is 11.8 Å². The lowest BCUT2D eigenvalue weighted by molar-refractivity contribution is -0.189. The van der Waals surface area contributed by atoms with Crippen molar-refractivity contribution in [2.45, 2.75) is 38.3 Å². The van der Waals surface area contributed by atoms with Gasteiger partial charge in [-0.05, 0) is 40.5 Å². The minimum atomic E-state index is -0.933. The van der Waals surface area contributed by atoms with E-state index in [0.717, 1.165) is 33.2 Å². The molecule has 2 aliphatic heterocycles. The van der Waals surface area contributed by atoms with Gasteiger partial charge >= 0.3 is 6.03 Å². The Labute approximate surface area is 319 Å². The summed E-state index contributed by atoms with van der Waals surface area (Å²) in [6.45, 7) is 4.87. The van der Waals surface area contributed by atoms with Gasteiger partial charge < -0.3 is 29.7 Å². The number of aromatic nitrogens is 2. The number of nitrogens with one attached hydrogen (secondary N) is 1. The van der Waals surface area contributed by atoms with Crippen molar-refractivity contribution in [2.75, 3.05) is 26.7 Å². The van der Waals surface area contributed by atoms with E-state index in [4.69, 9.17) is 0 Å². The van der Waals surface area contributed by atoms with E-state index in [9.17, 15) is 24.3 Å². The number of phenols is 1. The summed E-state index contributed by atoms with van der Waals surface area (Å²) in [5, 5.41) is 17.0. The quantitative estimate of drug-likeness (QED) is 0.193. The van der Waals surface area contributed by atoms with Crippen molar-refractivity contribution in [1.29, 1.82) is 0 Å². The number of phenolic OH excluding ortho intramolecular Hbond substituents is 1. The second kappa shape index (κ2) is 15.9. The number of benzene rings is 3. The van der Waals surface area contributed by atoms with Crippen LogP contribution in [0.2, 0.25) is 0 Å². The highest BCUT2D eigenvalue weighted by Crippen LogP contribution is 2.32. The summed E-state index contributed by atoms with van der Waals surface area (Å²) in [5.74, 6) is -0.604. The number of amides is 5. The number of fused-ring (bicyclic) bond motifs is 2. The van der Waals surface area contributed by atoms with Crippen molar-refractivity contribution >= 4 is 34.7 Å². The first kappa shape index (κ1) is 36.9. The largest absolute Gasteiger partial charge is 0.508 e. The zero-order valence-electron chi connectivity index (χ0n) is 30.9. The predicted octanol–water partition coefficient (Wildman–Crippen LogP) is 4.29. The summed E-state index contributed by atoms with van der Waals surface area (Å²) in [6, 6.07) is 24.3. The Bertz CT molecular complexity index is 2210. The zero-order chi connectivity index (χ0) is 38.6. The third-order valence-electron chi connectivity index (χ3n) is 10.2. The summed E-state index contributed by atoms with van der Waals surface area (Å²) in [5.41, 5.74) is 4.72. The number of para-hydroxylation sites is 1. The Morgan fingerprint density at radius 1 is 0.982 bits per heavy atom. The average molecular weight is 741 g/mol. The van der Waals surface area contributed by atoms with Crippen LogP contribution in [0.1, 0.15) is 32.6 Å². The van der Waals surface area contributed by atoms with Gasteiger partial charge in [-0.1, -0.05) is 72.8 Å². The minimum Gasteiger partial charge on any atom is -0.508 e. The lowest BCUT2D eigenvalue weighted by Crippen LogP contribution is -2.76. The molecule has 3 aromatic carbocycles. The third-order valence-corrected chi connectivity index (χ3v) is 10.2. The molecule has 0 radical (unpaired) electrons. The second-order valence-electron chi connectivity index (χ2n) is 14.0. The van der Waals surface area contributed by atoms with Gasteiger partial charge in [0.05, 0.1) is 24.2 Å². The maximum absolute atomic E-state index is 14.7. The Morgan fingerprint density at radius 2 is 1.75 bits per heavy atom. The predicted molar refractivity (Wildman–Crippen MR) is 207 cm³/mol. The minimum absolute atomic E-state index is 0.0451. The Hall–Kier alpha value is -6.47. The van der Waals surface area contributed by atoms with Crippen LogP contribution < -0.4 is 5.32 Å². The fourth-order valence-electron chi connectivity index (χ4n) is 7.65. The number of carbonyl (C=O) groups is 4. The third kappa shape index (κ3) is 7.64. The molecule has 0 saturated carbocycles. The molecular weight excluding hydrogens is 697 g/mol. The zero-order valence-corrected chi connectivity index (χ0v) is 30.9. The molecule has 13 nitrogen and oxygen atoms in total. The van der Waals surface area contributed by atoms with E-state index in [-0.39, 0.29) is 62.6 Å². The number of hydrogen-bond donors (Lipinski definition) is 2. The van der Waals surface area contributed by atoms with Crippen molar-refractivity contribution in [2.24, 2.45) is 7.05 Å². The summed E-state index contributed by atoms with van der Waals surface area (Å²) < 4.78 is 1.91. The van der Waals surface area contributed by atoms with Crippen LogP contribution in [-0.2, 0) is 42.7 Å². The van der Waals surface area contributed by atoms with E-state index in [1.807, 2.05) is 78.5 Å². The SMILES string of the molecule is C=CCN1CC(=O)N2[C@@H](Cc3ccc(O)cc3)C(=O)N(Cc3cccc4c(C(=O)N(C)Cc5cccnc5)cn(C)c34)C[C@@H]2N1C(=O)NCc1ccccc1. The Kier molecular flexibility index (Phi) is 10.6. The van der Waals surface area contributed by atoms with E-state index in [0.29, 0.717) is 12.1 Å². The number of pyridine rings is 1. The molecule has 2 N–H and O–H groups in total. The van der Waals surface area contributed by atoms with Crippen LogP contribution in [0.3, 0.4) is 0 Å². The maximum atomic E-state index is 14.7. The highest BCUT2D eigenvalue weighted by atomic mass is 16.3. The molecule has 2 aromatic heterocycles. The van der Waals surface area contributed by atoms with Crippen LogP contribution in [0, 0.1) is 0 Å². The van der Waals surface area contributed by atoms with Gasteiger partial charge in [-0.3, -0.25) is 19.4 Å². The van der Waals surface area contributed by atoms with E-state index in [1.54, 1.807) is 74.5 Å². The van der Waals surface area contributed by atoms with Crippen molar-refractivity contribution in [3.63, 3.8) is 0 Å². The second-order valence-corrected chi connectivity index (χ2v) is 14.0. The van der Waals surface area contributed by atoms with E-state index in [2.05, 4.69) is 16.9 Å². The van der Waals surface area contributed by atoms with Crippen molar-refractivity contribution in [3.05, 3.63) is 144 Å². The Morgan fingerprint density at radius 3 is 2.47 bits per heavy atom. The van der Waals surface area contributed by atoms with Gasteiger partial charge in [-0.25, -0.2) is 14.8 Å². The lowest BCUT2D eigenvalue weighted by atomic mass is 9.98. The van der Waals surface area contributed by atoms with Crippen LogP contribution in [0.15, 0.2) is 116 Å². The molecule has 0 spiro atoms. The van der Waals surface area contributed by atoms with Gasteiger partial charge in [0.25, 0.3) is 5.91 Å². The van der Waals surface area contributed by atoms with Crippen LogP contribution in [-0.4, -0.2) is 102 Å². The average Bonchev–Trinajstić information content (AvgIpc) is 3.53. The number of hydrogen-bond acceptors (Lipinski definition) is 7. The highest BCUT2D eigenvalue weighted by molar-refractivity contribution is 6.07. The fraction of sp³-hybridized carbons (Fsp3) is 0.262. The number of aromatic hydroxyl groups is 1. The normalized spacial score (nSPS) is 17.3. The number of carbonyl (C=O) groups excluding carboxylic acids is 4. The molecule has 55 heavy (non-hydrogen) atoms. The first-order chi connectivity index (χ1) is 26.6. The molecule has 0 aliphatic carbocycles. The molecule has 5 amide bonds. The molecule has 13 heteroatoms. The number of piperazine rings is 1. The molecule has 5 aromatic rings. The molecule has 2 saturated heterocycles. The van der Waals surface area contributed by atoms with Crippen molar-refractivity contribution in [3.8, 4) is 5.75 Å². The molecule has 2 fully saturated rings. The molecular formula is C42H44N8O5. The first-order valence-electron chi connectivity index (χ1n) is 18.2. The number of nitrogens with zero attached hydrogens (tertiary/aromatic N) is 7. The summed E-state index contributed by atoms with van der Waals surface area (Å²) >= 11 is 0. The standard InChI is InChI=1S/C42H44N8O5/c1-4-20-48-28-38(52)49-36(21-29-15-17-33(51)18-16-29)41(54)47(27-37(49)50(48)42(55)44-23-30-10-6-5-7-11-30)25-32-13-8-14-34-35(26-45(2)39(32)34)40(53)46(3)24-31-12-9-19-43-22-31/h4-19,22,26,36-37,51H,1,20-21,23-25,27-28H2,2-3H3,(H,44,55)/t36-,37-/m0/s1. The van der Waals surface area contributed by atoms with E-state index >= 15 is 0 Å². The monoisotopic (exact) mass is 740 g/mol. The van der Waals surface area contributed by atoms with Gasteiger partial charge in [0, 0.05) is 70.7 Å².